The van der Waals surface area contributed by atoms with Crippen molar-refractivity contribution in [1.82, 2.24) is 0 Å². The van der Waals surface area contributed by atoms with Gasteiger partial charge in [0.15, 0.2) is 5.78 Å². The van der Waals surface area contributed by atoms with Crippen molar-refractivity contribution in [2.75, 3.05) is 5.73 Å². The smallest absolute Gasteiger partial charge is 0.164 e. The van der Waals surface area contributed by atoms with Crippen LogP contribution in [-0.2, 0) is 6.42 Å². The lowest BCUT2D eigenvalue weighted by Crippen LogP contribution is -2.02. The number of anilines is 1. The Morgan fingerprint density at radius 2 is 1.84 bits per heavy atom. The molecular formula is C16H16BrNO. The van der Waals surface area contributed by atoms with Crippen LogP contribution in [0.25, 0.3) is 0 Å². The summed E-state index contributed by atoms with van der Waals surface area (Å²) in [6.45, 7) is 0. The number of hydrogen-bond donors (Lipinski definition) is 1. The molecule has 0 heterocycles. The molecule has 0 amide bonds. The molecule has 2 N–H and O–H groups in total. The highest BCUT2D eigenvalue weighted by atomic mass is 79.9. The number of hydrogen-bond acceptors (Lipinski definition) is 2. The SMILES string of the molecule is Nc1ccc(Br)c(C(=O)CCCc2ccccc2)c1. The van der Waals surface area contributed by atoms with Crippen molar-refractivity contribution in [3.8, 4) is 0 Å². The van der Waals surface area contributed by atoms with Crippen LogP contribution in [0.4, 0.5) is 5.69 Å². The summed E-state index contributed by atoms with van der Waals surface area (Å²) >= 11 is 3.39. The molecular weight excluding hydrogens is 302 g/mol. The minimum absolute atomic E-state index is 0.134. The van der Waals surface area contributed by atoms with Crippen LogP contribution in [0.2, 0.25) is 0 Å². The van der Waals surface area contributed by atoms with Crippen molar-refractivity contribution in [3.05, 3.63) is 64.1 Å². The van der Waals surface area contributed by atoms with Crippen LogP contribution in [0.5, 0.6) is 0 Å². The van der Waals surface area contributed by atoms with Crippen LogP contribution in [0, 0.1) is 0 Å². The third kappa shape index (κ3) is 3.93. The van der Waals surface area contributed by atoms with E-state index in [4.69, 9.17) is 5.73 Å². The summed E-state index contributed by atoms with van der Waals surface area (Å²) in [5.41, 5.74) is 8.27. The Bertz CT molecular complexity index is 566. The molecule has 2 rings (SSSR count). The summed E-state index contributed by atoms with van der Waals surface area (Å²) in [7, 11) is 0. The van der Waals surface area contributed by atoms with Crippen LogP contribution in [0.15, 0.2) is 53.0 Å². The zero-order valence-corrected chi connectivity index (χ0v) is 12.2. The molecule has 19 heavy (non-hydrogen) atoms. The fourth-order valence-corrected chi connectivity index (χ4v) is 2.46. The molecule has 98 valence electrons. The second-order valence-corrected chi connectivity index (χ2v) is 5.36. The molecule has 0 fully saturated rings. The Balaban J connectivity index is 1.93. The number of nitrogen functional groups attached to an aromatic ring is 1. The topological polar surface area (TPSA) is 43.1 Å². The number of Topliss-reactive ketones (excluding diaryl/α,β-unsaturated/α-hetero) is 1. The molecule has 0 saturated heterocycles. The van der Waals surface area contributed by atoms with E-state index in [-0.39, 0.29) is 5.78 Å². The van der Waals surface area contributed by atoms with Crippen molar-refractivity contribution in [1.29, 1.82) is 0 Å². The van der Waals surface area contributed by atoms with Gasteiger partial charge in [-0.2, -0.15) is 0 Å². The molecule has 3 heteroatoms. The summed E-state index contributed by atoms with van der Waals surface area (Å²) in [6.07, 6.45) is 2.31. The number of carbonyl (C=O) groups excluding carboxylic acids is 1. The largest absolute Gasteiger partial charge is 0.399 e. The van der Waals surface area contributed by atoms with Gasteiger partial charge in [-0.25, -0.2) is 0 Å². The lowest BCUT2D eigenvalue weighted by molar-refractivity contribution is 0.0979. The summed E-state index contributed by atoms with van der Waals surface area (Å²) in [4.78, 5) is 12.1. The Morgan fingerprint density at radius 1 is 1.11 bits per heavy atom. The first-order valence-corrected chi connectivity index (χ1v) is 7.08. The molecule has 0 aliphatic rings. The number of rotatable bonds is 5. The maximum atomic E-state index is 12.1. The normalized spacial score (nSPS) is 10.4. The minimum atomic E-state index is 0.134. The van der Waals surface area contributed by atoms with Gasteiger partial charge in [0.05, 0.1) is 0 Å². The van der Waals surface area contributed by atoms with E-state index in [1.807, 2.05) is 24.3 Å². The Labute approximate surface area is 121 Å². The number of nitrogens with two attached hydrogens (primary N) is 1. The predicted octanol–water partition coefficient (Wildman–Crippen LogP) is 4.24. The molecule has 0 aliphatic heterocycles. The van der Waals surface area contributed by atoms with Gasteiger partial charge in [0.1, 0.15) is 0 Å². The third-order valence-electron chi connectivity index (χ3n) is 3.00. The first-order chi connectivity index (χ1) is 9.16. The Morgan fingerprint density at radius 3 is 2.58 bits per heavy atom. The van der Waals surface area contributed by atoms with Crippen LogP contribution >= 0.6 is 15.9 Å². The number of carbonyl (C=O) groups is 1. The molecule has 0 aliphatic carbocycles. The van der Waals surface area contributed by atoms with Crippen molar-refractivity contribution >= 4 is 27.4 Å². The molecule has 2 nitrogen and oxygen atoms in total. The summed E-state index contributed by atoms with van der Waals surface area (Å²) < 4.78 is 0.811. The van der Waals surface area contributed by atoms with Crippen molar-refractivity contribution in [3.63, 3.8) is 0 Å². The van der Waals surface area contributed by atoms with Gasteiger partial charge in [-0.3, -0.25) is 4.79 Å². The van der Waals surface area contributed by atoms with Gasteiger partial charge < -0.3 is 5.73 Å². The van der Waals surface area contributed by atoms with Gasteiger partial charge in [0, 0.05) is 22.1 Å². The van der Waals surface area contributed by atoms with Crippen LogP contribution in [-0.4, -0.2) is 5.78 Å². The van der Waals surface area contributed by atoms with E-state index in [1.54, 1.807) is 12.1 Å². The molecule has 0 unspecified atom stereocenters. The van der Waals surface area contributed by atoms with Gasteiger partial charge in [-0.05, 0) is 36.6 Å². The fourth-order valence-electron chi connectivity index (χ4n) is 1.99. The van der Waals surface area contributed by atoms with Crippen LogP contribution in [0.3, 0.4) is 0 Å². The molecule has 0 bridgehead atoms. The van der Waals surface area contributed by atoms with Crippen molar-refractivity contribution in [2.24, 2.45) is 0 Å². The van der Waals surface area contributed by atoms with Crippen LogP contribution < -0.4 is 5.73 Å². The molecule has 0 saturated carbocycles. The van der Waals surface area contributed by atoms with E-state index >= 15 is 0 Å². The molecule has 0 atom stereocenters. The summed E-state index contributed by atoms with van der Waals surface area (Å²) in [5, 5.41) is 0. The van der Waals surface area contributed by atoms with Crippen molar-refractivity contribution in [2.45, 2.75) is 19.3 Å². The highest BCUT2D eigenvalue weighted by Crippen LogP contribution is 2.21. The maximum absolute atomic E-state index is 12.1. The monoisotopic (exact) mass is 317 g/mol. The van der Waals surface area contributed by atoms with Gasteiger partial charge >= 0.3 is 0 Å². The molecule has 2 aromatic carbocycles. The first kappa shape index (κ1) is 13.8. The highest BCUT2D eigenvalue weighted by molar-refractivity contribution is 9.10. The van der Waals surface area contributed by atoms with E-state index in [1.165, 1.54) is 5.56 Å². The third-order valence-corrected chi connectivity index (χ3v) is 3.69. The highest BCUT2D eigenvalue weighted by Gasteiger charge is 2.10. The zero-order chi connectivity index (χ0) is 13.7. The first-order valence-electron chi connectivity index (χ1n) is 6.29. The lowest BCUT2D eigenvalue weighted by atomic mass is 10.0. The molecule has 0 aromatic heterocycles. The second-order valence-electron chi connectivity index (χ2n) is 4.50. The number of halogens is 1. The second kappa shape index (κ2) is 6.53. The maximum Gasteiger partial charge on any atom is 0.164 e. The zero-order valence-electron chi connectivity index (χ0n) is 10.6. The van der Waals surface area contributed by atoms with Gasteiger partial charge in [-0.15, -0.1) is 0 Å². The van der Waals surface area contributed by atoms with E-state index < -0.39 is 0 Å². The van der Waals surface area contributed by atoms with Crippen molar-refractivity contribution < 1.29 is 4.79 Å². The fraction of sp³-hybridized carbons (Fsp3) is 0.188. The minimum Gasteiger partial charge on any atom is -0.399 e. The summed E-state index contributed by atoms with van der Waals surface area (Å²) in [5.74, 6) is 0.134. The standard InChI is InChI=1S/C16H16BrNO/c17-15-10-9-13(18)11-14(15)16(19)8-4-7-12-5-2-1-3-6-12/h1-3,5-6,9-11H,4,7-8,18H2. The van der Waals surface area contributed by atoms with Gasteiger partial charge in [0.2, 0.25) is 0 Å². The van der Waals surface area contributed by atoms with E-state index in [0.717, 1.165) is 17.3 Å². The average Bonchev–Trinajstić information content (AvgIpc) is 2.42. The summed E-state index contributed by atoms with van der Waals surface area (Å²) in [6, 6.07) is 15.5. The van der Waals surface area contributed by atoms with Crippen LogP contribution in [0.1, 0.15) is 28.8 Å². The Kier molecular flexibility index (Phi) is 4.74. The number of benzene rings is 2. The predicted molar refractivity (Wildman–Crippen MR) is 82.3 cm³/mol. The number of aryl methyl sites for hydroxylation is 1. The molecule has 2 aromatic rings. The Hall–Kier alpha value is -1.61. The lowest BCUT2D eigenvalue weighted by Gasteiger charge is -2.05. The van der Waals surface area contributed by atoms with E-state index in [2.05, 4.69) is 28.1 Å². The number of ketones is 1. The van der Waals surface area contributed by atoms with Gasteiger partial charge in [0.25, 0.3) is 0 Å². The molecule has 0 spiro atoms. The van der Waals surface area contributed by atoms with E-state index in [0.29, 0.717) is 17.7 Å². The molecule has 0 radical (unpaired) electrons. The quantitative estimate of drug-likeness (QED) is 0.662. The van der Waals surface area contributed by atoms with E-state index in [9.17, 15) is 4.79 Å². The average molecular weight is 318 g/mol. The van der Waals surface area contributed by atoms with Gasteiger partial charge in [-0.1, -0.05) is 46.3 Å².